The molecule has 31 heavy (non-hydrogen) atoms. The lowest BCUT2D eigenvalue weighted by Crippen LogP contribution is -2.24. The standard InChI is InChI=1S/C23H16F3N3O2/c24-23(25,26)21-4-2-1-3-19(21)14-28-29-22(30)15-31-20-11-9-18(10-12-20)17-7-5-16(13-27)6-8-17/h1-12,14H,15H2,(H,29,30)/b28-14+. The van der Waals surface area contributed by atoms with Gasteiger partial charge in [0.1, 0.15) is 5.75 Å². The first-order valence-corrected chi connectivity index (χ1v) is 9.08. The Morgan fingerprint density at radius 2 is 1.61 bits per heavy atom. The molecule has 0 radical (unpaired) electrons. The summed E-state index contributed by atoms with van der Waals surface area (Å²) in [5.74, 6) is -0.171. The second-order valence-electron chi connectivity index (χ2n) is 6.38. The molecule has 0 unspecified atom stereocenters. The SMILES string of the molecule is N#Cc1ccc(-c2ccc(OCC(=O)N/N=C/c3ccccc3C(F)(F)F)cc2)cc1. The van der Waals surface area contributed by atoms with Gasteiger partial charge < -0.3 is 4.74 Å². The lowest BCUT2D eigenvalue weighted by atomic mass is 10.0. The Balaban J connectivity index is 1.53. The molecule has 0 spiro atoms. The Kier molecular flexibility index (Phi) is 6.67. The largest absolute Gasteiger partial charge is 0.484 e. The summed E-state index contributed by atoms with van der Waals surface area (Å²) in [6.07, 6.45) is -3.58. The number of carbonyl (C=O) groups is 1. The summed E-state index contributed by atoms with van der Waals surface area (Å²) < 4.78 is 44.2. The molecule has 1 amide bonds. The molecule has 3 aromatic rings. The molecule has 0 aromatic heterocycles. The van der Waals surface area contributed by atoms with E-state index >= 15 is 0 Å². The predicted molar refractivity (Wildman–Crippen MR) is 109 cm³/mol. The van der Waals surface area contributed by atoms with Gasteiger partial charge in [0.15, 0.2) is 6.61 Å². The summed E-state index contributed by atoms with van der Waals surface area (Å²) in [6, 6.07) is 21.1. The van der Waals surface area contributed by atoms with E-state index in [4.69, 9.17) is 10.00 Å². The fourth-order valence-electron chi connectivity index (χ4n) is 2.70. The van der Waals surface area contributed by atoms with E-state index in [1.807, 2.05) is 12.1 Å². The van der Waals surface area contributed by atoms with Gasteiger partial charge in [0.05, 0.1) is 23.4 Å². The van der Waals surface area contributed by atoms with Gasteiger partial charge in [0.25, 0.3) is 5.91 Å². The van der Waals surface area contributed by atoms with E-state index < -0.39 is 17.6 Å². The van der Waals surface area contributed by atoms with E-state index in [1.54, 1.807) is 36.4 Å². The van der Waals surface area contributed by atoms with E-state index in [2.05, 4.69) is 16.6 Å². The average molecular weight is 423 g/mol. The molecule has 0 aliphatic heterocycles. The normalized spacial score (nSPS) is 11.2. The Morgan fingerprint density at radius 1 is 1.00 bits per heavy atom. The smallest absolute Gasteiger partial charge is 0.417 e. The number of amides is 1. The summed E-state index contributed by atoms with van der Waals surface area (Å²) in [5.41, 5.74) is 3.55. The molecule has 0 saturated carbocycles. The maximum atomic E-state index is 12.9. The second kappa shape index (κ2) is 9.59. The van der Waals surface area contributed by atoms with Crippen molar-refractivity contribution in [1.29, 1.82) is 5.26 Å². The molecule has 0 atom stereocenters. The summed E-state index contributed by atoms with van der Waals surface area (Å²) in [7, 11) is 0. The molecule has 3 rings (SSSR count). The van der Waals surface area contributed by atoms with E-state index in [0.717, 1.165) is 23.4 Å². The second-order valence-corrected chi connectivity index (χ2v) is 6.38. The molecule has 0 aliphatic rings. The van der Waals surface area contributed by atoms with E-state index in [0.29, 0.717) is 11.3 Å². The number of ether oxygens (including phenoxy) is 1. The van der Waals surface area contributed by atoms with Crippen LogP contribution in [0.5, 0.6) is 5.75 Å². The van der Waals surface area contributed by atoms with E-state index in [1.165, 1.54) is 18.2 Å². The van der Waals surface area contributed by atoms with Gasteiger partial charge in [-0.2, -0.15) is 23.5 Å². The zero-order valence-corrected chi connectivity index (χ0v) is 16.1. The minimum absolute atomic E-state index is 0.158. The number of benzene rings is 3. The molecule has 0 fully saturated rings. The summed E-state index contributed by atoms with van der Waals surface area (Å²) in [5, 5.41) is 12.4. The van der Waals surface area contributed by atoms with Crippen LogP contribution in [0.4, 0.5) is 13.2 Å². The zero-order chi connectivity index (χ0) is 22.3. The van der Waals surface area contributed by atoms with Gasteiger partial charge >= 0.3 is 6.18 Å². The van der Waals surface area contributed by atoms with Crippen molar-refractivity contribution in [3.63, 3.8) is 0 Å². The third-order valence-corrected chi connectivity index (χ3v) is 4.23. The van der Waals surface area contributed by atoms with Crippen LogP contribution in [-0.4, -0.2) is 18.7 Å². The van der Waals surface area contributed by atoms with Crippen molar-refractivity contribution in [2.24, 2.45) is 5.10 Å². The highest BCUT2D eigenvalue weighted by Gasteiger charge is 2.32. The van der Waals surface area contributed by atoms with Crippen LogP contribution in [0.2, 0.25) is 0 Å². The summed E-state index contributed by atoms with van der Waals surface area (Å²) >= 11 is 0. The fourth-order valence-corrected chi connectivity index (χ4v) is 2.70. The number of halogens is 3. The topological polar surface area (TPSA) is 74.5 Å². The number of hydrogen-bond acceptors (Lipinski definition) is 4. The van der Waals surface area contributed by atoms with Crippen LogP contribution in [0, 0.1) is 11.3 Å². The van der Waals surface area contributed by atoms with Crippen molar-refractivity contribution in [1.82, 2.24) is 5.43 Å². The van der Waals surface area contributed by atoms with E-state index in [-0.39, 0.29) is 12.2 Å². The Hall–Kier alpha value is -4.12. The Bertz CT molecular complexity index is 1120. The van der Waals surface area contributed by atoms with Crippen molar-refractivity contribution in [3.05, 3.63) is 89.5 Å². The third kappa shape index (κ3) is 5.93. The van der Waals surface area contributed by atoms with Crippen molar-refractivity contribution in [3.8, 4) is 22.9 Å². The number of alkyl halides is 3. The quantitative estimate of drug-likeness (QED) is 0.458. The number of nitrogens with zero attached hydrogens (tertiary/aromatic N) is 2. The summed E-state index contributed by atoms with van der Waals surface area (Å²) in [6.45, 7) is -0.353. The molecule has 8 heteroatoms. The van der Waals surface area contributed by atoms with Crippen molar-refractivity contribution in [2.75, 3.05) is 6.61 Å². The van der Waals surface area contributed by atoms with Crippen LogP contribution in [0.15, 0.2) is 77.9 Å². The lowest BCUT2D eigenvalue weighted by Gasteiger charge is -2.09. The minimum Gasteiger partial charge on any atom is -0.484 e. The van der Waals surface area contributed by atoms with Crippen molar-refractivity contribution >= 4 is 12.1 Å². The molecule has 5 nitrogen and oxygen atoms in total. The van der Waals surface area contributed by atoms with Gasteiger partial charge in [0.2, 0.25) is 0 Å². The predicted octanol–water partition coefficient (Wildman–Crippen LogP) is 4.77. The first-order valence-electron chi connectivity index (χ1n) is 9.08. The van der Waals surface area contributed by atoms with Crippen LogP contribution in [0.25, 0.3) is 11.1 Å². The van der Waals surface area contributed by atoms with Gasteiger partial charge in [-0.1, -0.05) is 42.5 Å². The van der Waals surface area contributed by atoms with E-state index in [9.17, 15) is 18.0 Å². The molecular formula is C23H16F3N3O2. The van der Waals surface area contributed by atoms with Crippen molar-refractivity contribution in [2.45, 2.75) is 6.18 Å². The summed E-state index contributed by atoms with van der Waals surface area (Å²) in [4.78, 5) is 11.8. The molecular weight excluding hydrogens is 407 g/mol. The molecule has 3 aromatic carbocycles. The highest BCUT2D eigenvalue weighted by atomic mass is 19.4. The first-order chi connectivity index (χ1) is 14.9. The zero-order valence-electron chi connectivity index (χ0n) is 16.1. The van der Waals surface area contributed by atoms with Gasteiger partial charge in [-0.3, -0.25) is 4.79 Å². The number of nitrogens with one attached hydrogen (secondary N) is 1. The number of hydrazone groups is 1. The number of nitriles is 1. The molecule has 1 N–H and O–H groups in total. The van der Waals surface area contributed by atoms with Crippen LogP contribution in [0.3, 0.4) is 0 Å². The number of hydrogen-bond donors (Lipinski definition) is 1. The van der Waals surface area contributed by atoms with Crippen LogP contribution in [0.1, 0.15) is 16.7 Å². The van der Waals surface area contributed by atoms with Gasteiger partial charge in [-0.15, -0.1) is 0 Å². The molecule has 0 aliphatic carbocycles. The Labute approximate surface area is 176 Å². The minimum atomic E-state index is -4.51. The third-order valence-electron chi connectivity index (χ3n) is 4.23. The monoisotopic (exact) mass is 423 g/mol. The van der Waals surface area contributed by atoms with Gasteiger partial charge in [0, 0.05) is 5.56 Å². The molecule has 156 valence electrons. The van der Waals surface area contributed by atoms with Crippen molar-refractivity contribution < 1.29 is 22.7 Å². The maximum absolute atomic E-state index is 12.9. The highest BCUT2D eigenvalue weighted by molar-refractivity contribution is 5.84. The highest BCUT2D eigenvalue weighted by Crippen LogP contribution is 2.31. The fraction of sp³-hybridized carbons (Fsp3) is 0.0870. The first kappa shape index (κ1) is 21.6. The van der Waals surface area contributed by atoms with Crippen LogP contribution in [-0.2, 0) is 11.0 Å². The molecule has 0 bridgehead atoms. The van der Waals surface area contributed by atoms with Crippen LogP contribution >= 0.6 is 0 Å². The van der Waals surface area contributed by atoms with Gasteiger partial charge in [-0.25, -0.2) is 5.43 Å². The lowest BCUT2D eigenvalue weighted by molar-refractivity contribution is -0.137. The number of carbonyl (C=O) groups excluding carboxylic acids is 1. The maximum Gasteiger partial charge on any atom is 0.417 e. The van der Waals surface area contributed by atoms with Gasteiger partial charge in [-0.05, 0) is 41.5 Å². The molecule has 0 heterocycles. The Morgan fingerprint density at radius 3 is 2.23 bits per heavy atom. The van der Waals surface area contributed by atoms with Crippen LogP contribution < -0.4 is 10.2 Å². The molecule has 0 saturated heterocycles. The average Bonchev–Trinajstić information content (AvgIpc) is 2.78. The number of rotatable bonds is 6.